The SMILES string of the molecule is CC(O)CN(C)C1CCOC2(CCOCC2)C1. The van der Waals surface area contributed by atoms with E-state index in [1.165, 1.54) is 0 Å². The summed E-state index contributed by atoms with van der Waals surface area (Å²) in [4.78, 5) is 2.28. The van der Waals surface area contributed by atoms with E-state index in [-0.39, 0.29) is 11.7 Å². The second kappa shape index (κ2) is 5.65. The van der Waals surface area contributed by atoms with Crippen LogP contribution >= 0.6 is 0 Å². The summed E-state index contributed by atoms with van der Waals surface area (Å²) in [5, 5.41) is 9.46. The van der Waals surface area contributed by atoms with Crippen LogP contribution in [-0.2, 0) is 9.47 Å². The van der Waals surface area contributed by atoms with Crippen LogP contribution in [0.25, 0.3) is 0 Å². The third-order valence-electron chi connectivity index (χ3n) is 4.05. The Morgan fingerprint density at radius 1 is 1.35 bits per heavy atom. The average Bonchev–Trinajstić information content (AvgIpc) is 2.29. The van der Waals surface area contributed by atoms with Crippen LogP contribution < -0.4 is 0 Å². The van der Waals surface area contributed by atoms with Crippen molar-refractivity contribution in [2.75, 3.05) is 33.4 Å². The monoisotopic (exact) mass is 243 g/mol. The van der Waals surface area contributed by atoms with E-state index in [4.69, 9.17) is 9.47 Å². The highest BCUT2D eigenvalue weighted by Crippen LogP contribution is 2.35. The number of hydrogen-bond donors (Lipinski definition) is 1. The third-order valence-corrected chi connectivity index (χ3v) is 4.05. The van der Waals surface area contributed by atoms with Crippen molar-refractivity contribution in [3.8, 4) is 0 Å². The second-order valence-corrected chi connectivity index (χ2v) is 5.58. The Morgan fingerprint density at radius 3 is 2.71 bits per heavy atom. The van der Waals surface area contributed by atoms with Crippen LogP contribution in [0.3, 0.4) is 0 Å². The van der Waals surface area contributed by atoms with Crippen LogP contribution in [0.4, 0.5) is 0 Å². The number of ether oxygens (including phenoxy) is 2. The zero-order valence-electron chi connectivity index (χ0n) is 11.0. The highest BCUT2D eigenvalue weighted by atomic mass is 16.5. The maximum atomic E-state index is 9.46. The molecular weight excluding hydrogens is 218 g/mol. The molecule has 0 aromatic carbocycles. The molecule has 2 unspecified atom stereocenters. The Balaban J connectivity index is 1.91. The molecule has 4 nitrogen and oxygen atoms in total. The minimum absolute atomic E-state index is 0.0497. The molecule has 0 bridgehead atoms. The lowest BCUT2D eigenvalue weighted by Gasteiger charge is -2.45. The molecule has 2 atom stereocenters. The van der Waals surface area contributed by atoms with Crippen molar-refractivity contribution >= 4 is 0 Å². The maximum Gasteiger partial charge on any atom is 0.0741 e. The summed E-state index contributed by atoms with van der Waals surface area (Å²) in [5.41, 5.74) is 0.0497. The standard InChI is InChI=1S/C13H25NO3/c1-11(15)10-14(2)12-3-6-17-13(9-12)4-7-16-8-5-13/h11-12,15H,3-10H2,1-2H3. The Hall–Kier alpha value is -0.160. The summed E-state index contributed by atoms with van der Waals surface area (Å²) in [5.74, 6) is 0. The molecule has 2 heterocycles. The first-order valence-electron chi connectivity index (χ1n) is 6.71. The fraction of sp³-hybridized carbons (Fsp3) is 1.00. The first-order valence-corrected chi connectivity index (χ1v) is 6.71. The molecule has 100 valence electrons. The number of likely N-dealkylation sites (N-methyl/N-ethyl adjacent to an activating group) is 1. The number of hydrogen-bond acceptors (Lipinski definition) is 4. The largest absolute Gasteiger partial charge is 0.392 e. The molecule has 17 heavy (non-hydrogen) atoms. The summed E-state index contributed by atoms with van der Waals surface area (Å²) in [6, 6.07) is 0.538. The first kappa shape index (κ1) is 13.3. The minimum atomic E-state index is -0.256. The van der Waals surface area contributed by atoms with Gasteiger partial charge in [0.05, 0.1) is 11.7 Å². The number of aliphatic hydroxyl groups excluding tert-OH is 1. The van der Waals surface area contributed by atoms with E-state index in [1.807, 2.05) is 6.92 Å². The van der Waals surface area contributed by atoms with E-state index in [0.717, 1.165) is 52.0 Å². The average molecular weight is 243 g/mol. The van der Waals surface area contributed by atoms with E-state index < -0.39 is 0 Å². The second-order valence-electron chi connectivity index (χ2n) is 5.58. The summed E-state index contributed by atoms with van der Waals surface area (Å²) in [6.45, 7) is 5.09. The van der Waals surface area contributed by atoms with E-state index in [9.17, 15) is 5.11 Å². The molecule has 4 heteroatoms. The van der Waals surface area contributed by atoms with Gasteiger partial charge in [-0.3, -0.25) is 0 Å². The molecule has 0 saturated carbocycles. The van der Waals surface area contributed by atoms with E-state index >= 15 is 0 Å². The summed E-state index contributed by atoms with van der Waals surface area (Å²) in [7, 11) is 2.11. The van der Waals surface area contributed by atoms with Gasteiger partial charge in [0.15, 0.2) is 0 Å². The third kappa shape index (κ3) is 3.41. The Kier molecular flexibility index (Phi) is 4.42. The van der Waals surface area contributed by atoms with E-state index in [1.54, 1.807) is 0 Å². The molecule has 1 spiro atoms. The zero-order valence-corrected chi connectivity index (χ0v) is 11.0. The van der Waals surface area contributed by atoms with Crippen molar-refractivity contribution in [2.24, 2.45) is 0 Å². The predicted molar refractivity (Wildman–Crippen MR) is 66.1 cm³/mol. The molecule has 2 fully saturated rings. The van der Waals surface area contributed by atoms with Crippen molar-refractivity contribution in [3.05, 3.63) is 0 Å². The molecule has 1 N–H and O–H groups in total. The lowest BCUT2D eigenvalue weighted by atomic mass is 9.83. The molecule has 2 aliphatic rings. The smallest absolute Gasteiger partial charge is 0.0741 e. The number of nitrogens with zero attached hydrogens (tertiary/aromatic N) is 1. The molecular formula is C13H25NO3. The van der Waals surface area contributed by atoms with Crippen LogP contribution in [0, 0.1) is 0 Å². The van der Waals surface area contributed by atoms with Crippen molar-refractivity contribution in [3.63, 3.8) is 0 Å². The molecule has 2 rings (SSSR count). The molecule has 0 radical (unpaired) electrons. The van der Waals surface area contributed by atoms with Crippen LogP contribution in [0.15, 0.2) is 0 Å². The van der Waals surface area contributed by atoms with Crippen molar-refractivity contribution < 1.29 is 14.6 Å². The van der Waals surface area contributed by atoms with Gasteiger partial charge < -0.3 is 19.5 Å². The molecule has 2 saturated heterocycles. The van der Waals surface area contributed by atoms with Gasteiger partial charge in [-0.05, 0) is 39.7 Å². The van der Waals surface area contributed by atoms with Crippen LogP contribution in [0.5, 0.6) is 0 Å². The van der Waals surface area contributed by atoms with Gasteiger partial charge in [0.1, 0.15) is 0 Å². The number of aliphatic hydroxyl groups is 1. The number of rotatable bonds is 3. The quantitative estimate of drug-likeness (QED) is 0.804. The van der Waals surface area contributed by atoms with Gasteiger partial charge in [-0.2, -0.15) is 0 Å². The van der Waals surface area contributed by atoms with Crippen molar-refractivity contribution in [2.45, 2.75) is 50.4 Å². The lowest BCUT2D eigenvalue weighted by Crippen LogP contribution is -2.51. The first-order chi connectivity index (χ1) is 8.11. The van der Waals surface area contributed by atoms with Gasteiger partial charge >= 0.3 is 0 Å². The summed E-state index contributed by atoms with van der Waals surface area (Å²) >= 11 is 0. The topological polar surface area (TPSA) is 41.9 Å². The Morgan fingerprint density at radius 2 is 2.06 bits per heavy atom. The van der Waals surface area contributed by atoms with Gasteiger partial charge in [-0.25, -0.2) is 0 Å². The minimum Gasteiger partial charge on any atom is -0.392 e. The zero-order chi connectivity index (χ0) is 12.3. The molecule has 0 amide bonds. The van der Waals surface area contributed by atoms with Gasteiger partial charge in [0.2, 0.25) is 0 Å². The van der Waals surface area contributed by atoms with Crippen molar-refractivity contribution in [1.29, 1.82) is 0 Å². The van der Waals surface area contributed by atoms with Gasteiger partial charge in [-0.15, -0.1) is 0 Å². The van der Waals surface area contributed by atoms with Gasteiger partial charge in [0, 0.05) is 32.4 Å². The fourth-order valence-electron chi connectivity index (χ4n) is 3.04. The van der Waals surface area contributed by atoms with Gasteiger partial charge in [0.25, 0.3) is 0 Å². The maximum absolute atomic E-state index is 9.46. The van der Waals surface area contributed by atoms with Gasteiger partial charge in [-0.1, -0.05) is 0 Å². The molecule has 0 aromatic rings. The van der Waals surface area contributed by atoms with E-state index in [0.29, 0.717) is 6.04 Å². The van der Waals surface area contributed by atoms with E-state index in [2.05, 4.69) is 11.9 Å². The highest BCUT2D eigenvalue weighted by Gasteiger charge is 2.40. The van der Waals surface area contributed by atoms with Crippen LogP contribution in [-0.4, -0.2) is 61.2 Å². The summed E-state index contributed by atoms with van der Waals surface area (Å²) < 4.78 is 11.4. The van der Waals surface area contributed by atoms with Crippen LogP contribution in [0.1, 0.15) is 32.6 Å². The van der Waals surface area contributed by atoms with Crippen LogP contribution in [0.2, 0.25) is 0 Å². The Labute approximate surface area is 104 Å². The lowest BCUT2D eigenvalue weighted by molar-refractivity contribution is -0.150. The summed E-state index contributed by atoms with van der Waals surface area (Å²) in [6.07, 6.45) is 3.94. The predicted octanol–water partition coefficient (Wildman–Crippen LogP) is 1.03. The van der Waals surface area contributed by atoms with Crippen molar-refractivity contribution in [1.82, 2.24) is 4.90 Å². The fourth-order valence-corrected chi connectivity index (χ4v) is 3.04. The Bertz CT molecular complexity index is 233. The molecule has 0 aromatic heterocycles. The highest BCUT2D eigenvalue weighted by molar-refractivity contribution is 4.92. The normalized spacial score (nSPS) is 30.7. The molecule has 0 aliphatic carbocycles. The molecule has 2 aliphatic heterocycles.